The molecule has 1 saturated carbocycles. The third kappa shape index (κ3) is 3.72. The lowest BCUT2D eigenvalue weighted by Crippen LogP contribution is -2.45. The number of nitrogens with two attached hydrogens (primary N) is 1. The minimum Gasteiger partial charge on any atom is -0.376 e. The summed E-state index contributed by atoms with van der Waals surface area (Å²) in [5, 5.41) is 3.54. The van der Waals surface area contributed by atoms with E-state index in [2.05, 4.69) is 5.32 Å². The van der Waals surface area contributed by atoms with Crippen molar-refractivity contribution in [2.45, 2.75) is 43.9 Å². The van der Waals surface area contributed by atoms with Gasteiger partial charge in [0, 0.05) is 18.6 Å². The van der Waals surface area contributed by atoms with Crippen molar-refractivity contribution in [1.29, 1.82) is 0 Å². The monoisotopic (exact) mass is 214 g/mol. The maximum Gasteiger partial charge on any atom is 0.0933 e. The van der Waals surface area contributed by atoms with E-state index in [1.807, 2.05) is 0 Å². The normalized spacial score (nSPS) is 37.8. The van der Waals surface area contributed by atoms with Crippen molar-refractivity contribution >= 4 is 0 Å². The maximum absolute atomic E-state index is 5.94. The molecule has 2 aliphatic rings. The van der Waals surface area contributed by atoms with E-state index < -0.39 is 0 Å². The van der Waals surface area contributed by atoms with Crippen molar-refractivity contribution in [3.05, 3.63) is 0 Å². The standard InChI is InChI=1S/C11H22N2O2/c12-9-2-1-3-10(6-9)13-7-11-8-14-4-5-15-11/h9-11,13H,1-8,12H2. The Balaban J connectivity index is 1.63. The quantitative estimate of drug-likeness (QED) is 0.707. The van der Waals surface area contributed by atoms with Crippen LogP contribution in [0.25, 0.3) is 0 Å². The summed E-state index contributed by atoms with van der Waals surface area (Å²) in [4.78, 5) is 0. The van der Waals surface area contributed by atoms with Crippen LogP contribution in [0.2, 0.25) is 0 Å². The summed E-state index contributed by atoms with van der Waals surface area (Å²) in [5.74, 6) is 0. The minimum atomic E-state index is 0.233. The number of rotatable bonds is 3. The SMILES string of the molecule is NC1CCCC(NCC2COCCO2)C1. The fraction of sp³-hybridized carbons (Fsp3) is 1.00. The minimum absolute atomic E-state index is 0.233. The Morgan fingerprint density at radius 1 is 1.27 bits per heavy atom. The molecule has 1 aliphatic carbocycles. The van der Waals surface area contributed by atoms with Gasteiger partial charge in [-0.1, -0.05) is 6.42 Å². The molecule has 3 unspecified atom stereocenters. The highest BCUT2D eigenvalue weighted by molar-refractivity contribution is 4.80. The van der Waals surface area contributed by atoms with Crippen LogP contribution >= 0.6 is 0 Å². The molecule has 0 aromatic heterocycles. The van der Waals surface area contributed by atoms with Crippen molar-refractivity contribution in [2.75, 3.05) is 26.4 Å². The molecule has 88 valence electrons. The van der Waals surface area contributed by atoms with Gasteiger partial charge < -0.3 is 20.5 Å². The first-order valence-electron chi connectivity index (χ1n) is 6.03. The highest BCUT2D eigenvalue weighted by Gasteiger charge is 2.21. The maximum atomic E-state index is 5.94. The first-order chi connectivity index (χ1) is 7.34. The Hall–Kier alpha value is -0.160. The molecule has 3 N–H and O–H groups in total. The molecule has 0 aromatic carbocycles. The fourth-order valence-corrected chi connectivity index (χ4v) is 2.37. The van der Waals surface area contributed by atoms with Crippen LogP contribution in [-0.2, 0) is 9.47 Å². The van der Waals surface area contributed by atoms with Gasteiger partial charge in [0.25, 0.3) is 0 Å². The number of hydrogen-bond donors (Lipinski definition) is 2. The topological polar surface area (TPSA) is 56.5 Å². The van der Waals surface area contributed by atoms with E-state index in [9.17, 15) is 0 Å². The summed E-state index contributed by atoms with van der Waals surface area (Å²) < 4.78 is 10.9. The fourth-order valence-electron chi connectivity index (χ4n) is 2.37. The average molecular weight is 214 g/mol. The van der Waals surface area contributed by atoms with Crippen LogP contribution < -0.4 is 11.1 Å². The Bertz CT molecular complexity index is 183. The lowest BCUT2D eigenvalue weighted by Gasteiger charge is -2.30. The third-order valence-electron chi connectivity index (χ3n) is 3.23. The van der Waals surface area contributed by atoms with Crippen molar-refractivity contribution in [3.63, 3.8) is 0 Å². The van der Waals surface area contributed by atoms with Crippen molar-refractivity contribution in [1.82, 2.24) is 5.32 Å². The van der Waals surface area contributed by atoms with Gasteiger partial charge >= 0.3 is 0 Å². The van der Waals surface area contributed by atoms with Crippen LogP contribution in [0.4, 0.5) is 0 Å². The smallest absolute Gasteiger partial charge is 0.0933 e. The van der Waals surface area contributed by atoms with Crippen LogP contribution in [0.1, 0.15) is 25.7 Å². The van der Waals surface area contributed by atoms with Crippen molar-refractivity contribution in [2.24, 2.45) is 5.73 Å². The van der Waals surface area contributed by atoms with E-state index in [1.54, 1.807) is 0 Å². The molecular weight excluding hydrogens is 192 g/mol. The van der Waals surface area contributed by atoms with Gasteiger partial charge in [0.15, 0.2) is 0 Å². The van der Waals surface area contributed by atoms with Gasteiger partial charge in [0.2, 0.25) is 0 Å². The van der Waals surface area contributed by atoms with Gasteiger partial charge in [0.05, 0.1) is 25.9 Å². The molecule has 2 rings (SSSR count). The second-order valence-corrected chi connectivity index (χ2v) is 4.60. The van der Waals surface area contributed by atoms with E-state index in [0.717, 1.165) is 32.8 Å². The molecule has 0 amide bonds. The molecule has 2 fully saturated rings. The Kier molecular flexibility index (Phi) is 4.38. The zero-order valence-corrected chi connectivity index (χ0v) is 9.28. The van der Waals surface area contributed by atoms with Crippen LogP contribution in [0.15, 0.2) is 0 Å². The molecule has 4 nitrogen and oxygen atoms in total. The lowest BCUT2D eigenvalue weighted by atomic mass is 9.91. The van der Waals surface area contributed by atoms with Crippen molar-refractivity contribution in [3.8, 4) is 0 Å². The average Bonchev–Trinajstić information content (AvgIpc) is 2.28. The Labute approximate surface area is 91.5 Å². The van der Waals surface area contributed by atoms with E-state index in [1.165, 1.54) is 19.3 Å². The van der Waals surface area contributed by atoms with Crippen LogP contribution in [0.5, 0.6) is 0 Å². The van der Waals surface area contributed by atoms with Gasteiger partial charge in [-0.15, -0.1) is 0 Å². The molecule has 0 radical (unpaired) electrons. The molecule has 1 aliphatic heterocycles. The summed E-state index contributed by atoms with van der Waals surface area (Å²) in [6.07, 6.45) is 5.02. The molecular formula is C11H22N2O2. The molecule has 0 bridgehead atoms. The predicted octanol–water partition coefficient (Wildman–Crippen LogP) is 0.261. The largest absolute Gasteiger partial charge is 0.376 e. The third-order valence-corrected chi connectivity index (χ3v) is 3.23. The van der Waals surface area contributed by atoms with Crippen LogP contribution in [0, 0.1) is 0 Å². The first kappa shape index (κ1) is 11.3. The van der Waals surface area contributed by atoms with Gasteiger partial charge in [-0.3, -0.25) is 0 Å². The van der Waals surface area contributed by atoms with Gasteiger partial charge in [-0.25, -0.2) is 0 Å². The summed E-state index contributed by atoms with van der Waals surface area (Å²) in [5.41, 5.74) is 5.94. The summed E-state index contributed by atoms with van der Waals surface area (Å²) in [6.45, 7) is 3.10. The molecule has 15 heavy (non-hydrogen) atoms. The van der Waals surface area contributed by atoms with E-state index in [0.29, 0.717) is 12.1 Å². The number of ether oxygens (including phenoxy) is 2. The molecule has 0 spiro atoms. The molecule has 3 atom stereocenters. The molecule has 0 aromatic rings. The summed E-state index contributed by atoms with van der Waals surface area (Å²) in [7, 11) is 0. The van der Waals surface area contributed by atoms with E-state index in [-0.39, 0.29) is 6.10 Å². The number of hydrogen-bond acceptors (Lipinski definition) is 4. The first-order valence-corrected chi connectivity index (χ1v) is 6.03. The highest BCUT2D eigenvalue weighted by atomic mass is 16.6. The molecule has 4 heteroatoms. The molecule has 1 heterocycles. The Morgan fingerprint density at radius 3 is 2.93 bits per heavy atom. The predicted molar refractivity (Wildman–Crippen MR) is 58.8 cm³/mol. The van der Waals surface area contributed by atoms with E-state index in [4.69, 9.17) is 15.2 Å². The molecule has 1 saturated heterocycles. The van der Waals surface area contributed by atoms with Crippen LogP contribution in [0.3, 0.4) is 0 Å². The zero-order valence-electron chi connectivity index (χ0n) is 9.28. The Morgan fingerprint density at radius 2 is 2.20 bits per heavy atom. The van der Waals surface area contributed by atoms with Gasteiger partial charge in [0.1, 0.15) is 0 Å². The zero-order chi connectivity index (χ0) is 10.5. The van der Waals surface area contributed by atoms with E-state index >= 15 is 0 Å². The summed E-state index contributed by atoms with van der Waals surface area (Å²) in [6, 6.07) is 0.971. The summed E-state index contributed by atoms with van der Waals surface area (Å²) >= 11 is 0. The second-order valence-electron chi connectivity index (χ2n) is 4.60. The lowest BCUT2D eigenvalue weighted by molar-refractivity contribution is -0.0873. The van der Waals surface area contributed by atoms with Gasteiger partial charge in [-0.2, -0.15) is 0 Å². The highest BCUT2D eigenvalue weighted by Crippen LogP contribution is 2.16. The number of nitrogens with one attached hydrogen (secondary N) is 1. The van der Waals surface area contributed by atoms with Crippen molar-refractivity contribution < 1.29 is 9.47 Å². The second kappa shape index (κ2) is 5.80. The van der Waals surface area contributed by atoms with Crippen LogP contribution in [-0.4, -0.2) is 44.6 Å². The van der Waals surface area contributed by atoms with Gasteiger partial charge in [-0.05, 0) is 19.3 Å².